The van der Waals surface area contributed by atoms with Crippen LogP contribution in [0, 0.1) is 0 Å². The number of hydrogen-bond acceptors (Lipinski definition) is 4. The minimum absolute atomic E-state index is 0.00804. The summed E-state index contributed by atoms with van der Waals surface area (Å²) in [5.41, 5.74) is 0.668. The van der Waals surface area contributed by atoms with E-state index in [-0.39, 0.29) is 17.4 Å². The van der Waals surface area contributed by atoms with Crippen molar-refractivity contribution in [3.05, 3.63) is 28.6 Å². The van der Waals surface area contributed by atoms with Gasteiger partial charge in [0, 0.05) is 17.5 Å². The Morgan fingerprint density at radius 1 is 0.812 bits per heavy atom. The predicted octanol–water partition coefficient (Wildman–Crippen LogP) is 7.29. The molecular weight excluding hydrogens is 402 g/mol. The highest BCUT2D eigenvalue weighted by Gasteiger charge is 2.21. The first kappa shape index (κ1) is 26.1. The average molecular weight is 446 g/mol. The molecule has 0 fully saturated rings. The molecule has 1 aromatic heterocycles. The number of unbranched alkanes of at least 4 members (excludes halogenated alkanes) is 8. The molecule has 0 aliphatic heterocycles. The van der Waals surface area contributed by atoms with E-state index in [0.717, 1.165) is 35.9 Å². The van der Waals surface area contributed by atoms with Gasteiger partial charge >= 0.3 is 0 Å². The van der Waals surface area contributed by atoms with Gasteiger partial charge in [0.2, 0.25) is 5.75 Å². The lowest BCUT2D eigenvalue weighted by Gasteiger charge is -2.20. The van der Waals surface area contributed by atoms with Gasteiger partial charge in [0.05, 0.1) is 25.8 Å². The number of fused-ring (bicyclic) bond motifs is 1. The van der Waals surface area contributed by atoms with Gasteiger partial charge in [-0.1, -0.05) is 65.2 Å². The van der Waals surface area contributed by atoms with Crippen molar-refractivity contribution in [1.29, 1.82) is 0 Å². The van der Waals surface area contributed by atoms with E-state index in [1.54, 1.807) is 4.57 Å². The summed E-state index contributed by atoms with van der Waals surface area (Å²) < 4.78 is 19.4. The Balaban J connectivity index is 2.24. The van der Waals surface area contributed by atoms with Gasteiger partial charge in [-0.2, -0.15) is 0 Å². The lowest BCUT2D eigenvalue weighted by molar-refractivity contribution is 0.285. The van der Waals surface area contributed by atoms with Gasteiger partial charge in [0.1, 0.15) is 5.75 Å². The molecule has 1 aromatic carbocycles. The molecule has 0 aliphatic rings. The van der Waals surface area contributed by atoms with Crippen LogP contribution in [0.3, 0.4) is 0 Å². The van der Waals surface area contributed by atoms with Gasteiger partial charge in [0.25, 0.3) is 5.56 Å². The molecule has 0 saturated heterocycles. The normalized spacial score (nSPS) is 11.3. The summed E-state index contributed by atoms with van der Waals surface area (Å²) in [5.74, 6) is 1.62. The minimum Gasteiger partial charge on any atom is -0.494 e. The Kier molecular flexibility index (Phi) is 11.5. The molecular formula is C27H43NO4. The minimum atomic E-state index is -0.161. The van der Waals surface area contributed by atoms with Crippen LogP contribution in [-0.4, -0.2) is 24.9 Å². The third kappa shape index (κ3) is 7.18. The summed E-state index contributed by atoms with van der Waals surface area (Å²) in [6.07, 6.45) is 11.8. The SMILES string of the molecule is CCCCCCCCOc1ccc2c(OCCCCCC)c(OC)c(=O)n(C(C)C)c2c1. The lowest BCUT2D eigenvalue weighted by atomic mass is 10.1. The molecule has 180 valence electrons. The average Bonchev–Trinajstić information content (AvgIpc) is 2.77. The fourth-order valence-corrected chi connectivity index (χ4v) is 4.04. The highest BCUT2D eigenvalue weighted by atomic mass is 16.5. The summed E-state index contributed by atoms with van der Waals surface area (Å²) >= 11 is 0. The second kappa shape index (κ2) is 14.1. The van der Waals surface area contributed by atoms with Crippen molar-refractivity contribution in [2.24, 2.45) is 0 Å². The first-order valence-corrected chi connectivity index (χ1v) is 12.6. The highest BCUT2D eigenvalue weighted by molar-refractivity contribution is 5.89. The molecule has 0 spiro atoms. The summed E-state index contributed by atoms with van der Waals surface area (Å²) in [6.45, 7) is 9.71. The van der Waals surface area contributed by atoms with Crippen molar-refractivity contribution in [3.63, 3.8) is 0 Å². The molecule has 0 bridgehead atoms. The Morgan fingerprint density at radius 2 is 1.41 bits per heavy atom. The number of nitrogens with zero attached hydrogens (tertiary/aromatic N) is 1. The molecule has 1 heterocycles. The first-order valence-electron chi connectivity index (χ1n) is 12.6. The molecule has 32 heavy (non-hydrogen) atoms. The third-order valence-corrected chi connectivity index (χ3v) is 5.82. The van der Waals surface area contributed by atoms with Crippen molar-refractivity contribution < 1.29 is 14.2 Å². The second-order valence-corrected chi connectivity index (χ2v) is 8.84. The first-order chi connectivity index (χ1) is 15.5. The van der Waals surface area contributed by atoms with Gasteiger partial charge in [0.15, 0.2) is 5.75 Å². The van der Waals surface area contributed by atoms with E-state index in [1.165, 1.54) is 52.1 Å². The Bertz CT molecular complexity index is 872. The molecule has 2 rings (SSSR count). The van der Waals surface area contributed by atoms with Gasteiger partial charge in [-0.3, -0.25) is 4.79 Å². The lowest BCUT2D eigenvalue weighted by Crippen LogP contribution is -2.24. The zero-order valence-electron chi connectivity index (χ0n) is 20.9. The maximum Gasteiger partial charge on any atom is 0.297 e. The number of ether oxygens (including phenoxy) is 3. The van der Waals surface area contributed by atoms with E-state index in [9.17, 15) is 4.79 Å². The number of aromatic nitrogens is 1. The van der Waals surface area contributed by atoms with Crippen molar-refractivity contribution in [1.82, 2.24) is 4.57 Å². The molecule has 0 saturated carbocycles. The fraction of sp³-hybridized carbons (Fsp3) is 0.667. The van der Waals surface area contributed by atoms with Gasteiger partial charge in [-0.05, 0) is 38.8 Å². The van der Waals surface area contributed by atoms with Crippen LogP contribution in [0.2, 0.25) is 0 Å². The third-order valence-electron chi connectivity index (χ3n) is 5.82. The molecule has 0 amide bonds. The number of rotatable bonds is 16. The molecule has 5 heteroatoms. The number of hydrogen-bond donors (Lipinski definition) is 0. The number of methoxy groups -OCH3 is 1. The van der Waals surface area contributed by atoms with Crippen LogP contribution >= 0.6 is 0 Å². The maximum absolute atomic E-state index is 13.2. The number of pyridine rings is 1. The van der Waals surface area contributed by atoms with Crippen LogP contribution in [0.5, 0.6) is 17.2 Å². The van der Waals surface area contributed by atoms with Crippen molar-refractivity contribution in [3.8, 4) is 17.2 Å². The summed E-state index contributed by atoms with van der Waals surface area (Å²) in [5, 5.41) is 0.887. The summed E-state index contributed by atoms with van der Waals surface area (Å²) in [7, 11) is 1.54. The number of benzene rings is 1. The zero-order valence-corrected chi connectivity index (χ0v) is 20.9. The molecule has 0 atom stereocenters. The standard InChI is InChI=1S/C27H43NO4/c1-6-8-10-12-13-15-18-31-22-16-17-23-24(20-22)28(21(3)4)27(29)26(30-5)25(23)32-19-14-11-9-7-2/h16-17,20-21H,6-15,18-19H2,1-5H3. The van der Waals surface area contributed by atoms with E-state index in [1.807, 2.05) is 32.0 Å². The summed E-state index contributed by atoms with van der Waals surface area (Å²) in [4.78, 5) is 13.2. The monoisotopic (exact) mass is 445 g/mol. The quantitative estimate of drug-likeness (QED) is 0.255. The van der Waals surface area contributed by atoms with Crippen LogP contribution in [0.4, 0.5) is 0 Å². The van der Waals surface area contributed by atoms with Crippen LogP contribution < -0.4 is 19.8 Å². The molecule has 2 aromatic rings. The smallest absolute Gasteiger partial charge is 0.297 e. The Hall–Kier alpha value is -2.17. The zero-order chi connectivity index (χ0) is 23.3. The Morgan fingerprint density at radius 3 is 2.03 bits per heavy atom. The van der Waals surface area contributed by atoms with Gasteiger partial charge < -0.3 is 18.8 Å². The molecule has 0 unspecified atom stereocenters. The highest BCUT2D eigenvalue weighted by Crippen LogP contribution is 2.35. The molecule has 5 nitrogen and oxygen atoms in total. The van der Waals surface area contributed by atoms with Crippen LogP contribution in [0.25, 0.3) is 10.9 Å². The second-order valence-electron chi connectivity index (χ2n) is 8.84. The summed E-state index contributed by atoms with van der Waals surface area (Å²) in [6, 6.07) is 5.93. The topological polar surface area (TPSA) is 49.7 Å². The van der Waals surface area contributed by atoms with Gasteiger partial charge in [-0.25, -0.2) is 0 Å². The van der Waals surface area contributed by atoms with Crippen LogP contribution in [0.15, 0.2) is 23.0 Å². The van der Waals surface area contributed by atoms with Crippen molar-refractivity contribution in [2.75, 3.05) is 20.3 Å². The predicted molar refractivity (Wildman–Crippen MR) is 134 cm³/mol. The van der Waals surface area contributed by atoms with E-state index in [2.05, 4.69) is 13.8 Å². The van der Waals surface area contributed by atoms with E-state index >= 15 is 0 Å². The van der Waals surface area contributed by atoms with E-state index in [0.29, 0.717) is 19.0 Å². The van der Waals surface area contributed by atoms with E-state index in [4.69, 9.17) is 14.2 Å². The largest absolute Gasteiger partial charge is 0.494 e. The van der Waals surface area contributed by atoms with Crippen LogP contribution in [0.1, 0.15) is 97.9 Å². The van der Waals surface area contributed by atoms with E-state index < -0.39 is 0 Å². The van der Waals surface area contributed by atoms with Crippen molar-refractivity contribution >= 4 is 10.9 Å². The maximum atomic E-state index is 13.2. The molecule has 0 aliphatic carbocycles. The fourth-order valence-electron chi connectivity index (χ4n) is 4.04. The van der Waals surface area contributed by atoms with Crippen molar-refractivity contribution in [2.45, 2.75) is 97.9 Å². The van der Waals surface area contributed by atoms with Crippen LogP contribution in [-0.2, 0) is 0 Å². The molecule has 0 radical (unpaired) electrons. The molecule has 0 N–H and O–H groups in total. The van der Waals surface area contributed by atoms with Gasteiger partial charge in [-0.15, -0.1) is 0 Å². The Labute approximate surface area is 194 Å².